The molecule has 0 fully saturated rings. The fourth-order valence-electron chi connectivity index (χ4n) is 1.62. The lowest BCUT2D eigenvalue weighted by molar-refractivity contribution is -0.143. The number of amides is 3. The van der Waals surface area contributed by atoms with Crippen LogP contribution in [0.4, 0.5) is 4.79 Å². The van der Waals surface area contributed by atoms with Crippen molar-refractivity contribution in [2.24, 2.45) is 0 Å². The molecule has 134 valence electrons. The number of carbonyl (C=O) groups excluding carboxylic acids is 3. The maximum atomic E-state index is 11.6. The molecule has 1 rings (SSSR count). The zero-order chi connectivity index (χ0) is 18.5. The van der Waals surface area contributed by atoms with Gasteiger partial charge in [0.15, 0.2) is 6.61 Å². The summed E-state index contributed by atoms with van der Waals surface area (Å²) in [6.07, 6.45) is 5.14. The number of esters is 1. The van der Waals surface area contributed by atoms with Gasteiger partial charge < -0.3 is 14.8 Å². The van der Waals surface area contributed by atoms with Gasteiger partial charge in [-0.25, -0.2) is 9.59 Å². The SMILES string of the molecule is C=CCOc1ccc(/C=C/C(=O)OCC(=O)NC(=O)NCCC)cc1. The fourth-order valence-corrected chi connectivity index (χ4v) is 1.62. The monoisotopic (exact) mass is 346 g/mol. The van der Waals surface area contributed by atoms with Crippen LogP contribution >= 0.6 is 0 Å². The Morgan fingerprint density at radius 1 is 1.20 bits per heavy atom. The fraction of sp³-hybridized carbons (Fsp3) is 0.278. The van der Waals surface area contributed by atoms with Gasteiger partial charge in [0.25, 0.3) is 5.91 Å². The minimum absolute atomic E-state index is 0.417. The molecule has 0 unspecified atom stereocenters. The molecule has 0 aromatic heterocycles. The van der Waals surface area contributed by atoms with E-state index in [0.717, 1.165) is 12.0 Å². The first-order valence-electron chi connectivity index (χ1n) is 7.81. The van der Waals surface area contributed by atoms with E-state index in [9.17, 15) is 14.4 Å². The third-order valence-corrected chi connectivity index (χ3v) is 2.79. The number of imide groups is 1. The minimum Gasteiger partial charge on any atom is -0.490 e. The second kappa shape index (κ2) is 11.4. The van der Waals surface area contributed by atoms with Gasteiger partial charge in [0, 0.05) is 12.6 Å². The van der Waals surface area contributed by atoms with Crippen molar-refractivity contribution in [1.82, 2.24) is 10.6 Å². The lowest BCUT2D eigenvalue weighted by Gasteiger charge is -2.05. The van der Waals surface area contributed by atoms with Crippen LogP contribution in [0.15, 0.2) is 43.0 Å². The molecule has 0 spiro atoms. The Bertz CT molecular complexity index is 623. The van der Waals surface area contributed by atoms with Crippen LogP contribution in [0.3, 0.4) is 0 Å². The van der Waals surface area contributed by atoms with Crippen molar-refractivity contribution in [1.29, 1.82) is 0 Å². The third kappa shape index (κ3) is 8.95. The minimum atomic E-state index is -0.695. The predicted molar refractivity (Wildman–Crippen MR) is 94.0 cm³/mol. The topological polar surface area (TPSA) is 93.7 Å². The van der Waals surface area contributed by atoms with Crippen molar-refractivity contribution >= 4 is 24.0 Å². The van der Waals surface area contributed by atoms with Crippen LogP contribution in [0, 0.1) is 0 Å². The summed E-state index contributed by atoms with van der Waals surface area (Å²) in [7, 11) is 0. The van der Waals surface area contributed by atoms with Crippen LogP contribution in [0.1, 0.15) is 18.9 Å². The van der Waals surface area contributed by atoms with Gasteiger partial charge >= 0.3 is 12.0 Å². The van der Waals surface area contributed by atoms with Crippen molar-refractivity contribution in [3.8, 4) is 5.75 Å². The highest BCUT2D eigenvalue weighted by Crippen LogP contribution is 2.13. The van der Waals surface area contributed by atoms with E-state index in [2.05, 4.69) is 17.2 Å². The lowest BCUT2D eigenvalue weighted by Crippen LogP contribution is -2.41. The Labute approximate surface area is 146 Å². The average molecular weight is 346 g/mol. The molecular weight excluding hydrogens is 324 g/mol. The van der Waals surface area contributed by atoms with Gasteiger partial charge in [-0.1, -0.05) is 31.7 Å². The van der Waals surface area contributed by atoms with E-state index in [4.69, 9.17) is 9.47 Å². The molecule has 3 amide bonds. The van der Waals surface area contributed by atoms with E-state index in [-0.39, 0.29) is 0 Å². The molecule has 0 atom stereocenters. The van der Waals surface area contributed by atoms with Crippen molar-refractivity contribution < 1.29 is 23.9 Å². The average Bonchev–Trinajstić information content (AvgIpc) is 2.62. The number of ether oxygens (including phenoxy) is 2. The van der Waals surface area contributed by atoms with Gasteiger partial charge in [-0.2, -0.15) is 0 Å². The van der Waals surface area contributed by atoms with E-state index >= 15 is 0 Å². The number of rotatable bonds is 9. The first-order valence-corrected chi connectivity index (χ1v) is 7.81. The van der Waals surface area contributed by atoms with Gasteiger partial charge in [0.05, 0.1) is 0 Å². The Morgan fingerprint density at radius 3 is 2.56 bits per heavy atom. The zero-order valence-corrected chi connectivity index (χ0v) is 14.1. The van der Waals surface area contributed by atoms with E-state index in [1.165, 1.54) is 6.08 Å². The Morgan fingerprint density at radius 2 is 1.92 bits per heavy atom. The highest BCUT2D eigenvalue weighted by Gasteiger charge is 2.08. The summed E-state index contributed by atoms with van der Waals surface area (Å²) in [6.45, 7) is 5.79. The molecule has 0 aliphatic carbocycles. The number of hydrogen-bond donors (Lipinski definition) is 2. The lowest BCUT2D eigenvalue weighted by atomic mass is 10.2. The van der Waals surface area contributed by atoms with Gasteiger partial charge in [-0.15, -0.1) is 0 Å². The molecule has 25 heavy (non-hydrogen) atoms. The summed E-state index contributed by atoms with van der Waals surface area (Å²) in [6, 6.07) is 6.45. The summed E-state index contributed by atoms with van der Waals surface area (Å²) < 4.78 is 10.1. The van der Waals surface area contributed by atoms with Crippen molar-refractivity contribution in [3.63, 3.8) is 0 Å². The van der Waals surface area contributed by atoms with Gasteiger partial charge in [0.1, 0.15) is 12.4 Å². The molecule has 2 N–H and O–H groups in total. The number of carbonyl (C=O) groups is 3. The van der Waals surface area contributed by atoms with Gasteiger partial charge in [-0.3, -0.25) is 10.1 Å². The molecular formula is C18H22N2O5. The molecule has 0 aliphatic heterocycles. The Kier molecular flexibility index (Phi) is 9.14. The Balaban J connectivity index is 2.35. The van der Waals surface area contributed by atoms with Crippen LogP contribution in [-0.2, 0) is 14.3 Å². The summed E-state index contributed by atoms with van der Waals surface area (Å²) in [5, 5.41) is 4.53. The summed E-state index contributed by atoms with van der Waals surface area (Å²) >= 11 is 0. The largest absolute Gasteiger partial charge is 0.490 e. The summed E-state index contributed by atoms with van der Waals surface area (Å²) in [4.78, 5) is 34.2. The molecule has 0 bridgehead atoms. The molecule has 0 radical (unpaired) electrons. The first-order chi connectivity index (χ1) is 12.0. The molecule has 7 heteroatoms. The molecule has 0 heterocycles. The zero-order valence-electron chi connectivity index (χ0n) is 14.1. The Hall–Kier alpha value is -3.09. The van der Waals surface area contributed by atoms with Crippen LogP contribution in [-0.4, -0.2) is 37.7 Å². The van der Waals surface area contributed by atoms with Crippen molar-refractivity contribution in [3.05, 3.63) is 48.6 Å². The third-order valence-electron chi connectivity index (χ3n) is 2.79. The normalized spacial score (nSPS) is 10.1. The summed E-state index contributed by atoms with van der Waals surface area (Å²) in [5.41, 5.74) is 0.770. The maximum Gasteiger partial charge on any atom is 0.331 e. The predicted octanol–water partition coefficient (Wildman–Crippen LogP) is 2.04. The van der Waals surface area contributed by atoms with Crippen LogP contribution in [0.25, 0.3) is 6.08 Å². The van der Waals surface area contributed by atoms with E-state index in [1.54, 1.807) is 36.4 Å². The molecule has 0 saturated heterocycles. The van der Waals surface area contributed by atoms with Crippen molar-refractivity contribution in [2.75, 3.05) is 19.8 Å². The molecule has 1 aromatic carbocycles. The number of hydrogen-bond acceptors (Lipinski definition) is 5. The maximum absolute atomic E-state index is 11.6. The van der Waals surface area contributed by atoms with E-state index in [0.29, 0.717) is 18.9 Å². The van der Waals surface area contributed by atoms with Crippen LogP contribution < -0.4 is 15.4 Å². The van der Waals surface area contributed by atoms with Gasteiger partial charge in [-0.05, 0) is 30.2 Å². The number of nitrogens with one attached hydrogen (secondary N) is 2. The quantitative estimate of drug-likeness (QED) is 0.405. The second-order valence-electron chi connectivity index (χ2n) is 4.91. The molecule has 1 aromatic rings. The van der Waals surface area contributed by atoms with E-state index < -0.39 is 24.5 Å². The highest BCUT2D eigenvalue weighted by atomic mass is 16.5. The standard InChI is InChI=1S/C18H22N2O5/c1-3-11-19-18(23)20-16(21)13-25-17(22)10-7-14-5-8-15(9-6-14)24-12-4-2/h4-10H,2-3,11-13H2,1H3,(H2,19,20,21,23)/b10-7+. The first kappa shape index (κ1) is 20.0. The highest BCUT2D eigenvalue weighted by molar-refractivity contribution is 5.96. The molecule has 0 aliphatic rings. The molecule has 0 saturated carbocycles. The smallest absolute Gasteiger partial charge is 0.331 e. The van der Waals surface area contributed by atoms with Crippen LogP contribution in [0.5, 0.6) is 5.75 Å². The van der Waals surface area contributed by atoms with E-state index in [1.807, 2.05) is 6.92 Å². The number of urea groups is 1. The summed E-state index contributed by atoms with van der Waals surface area (Å²) in [5.74, 6) is -0.687. The van der Waals surface area contributed by atoms with Crippen molar-refractivity contribution in [2.45, 2.75) is 13.3 Å². The van der Waals surface area contributed by atoms with Crippen LogP contribution in [0.2, 0.25) is 0 Å². The van der Waals surface area contributed by atoms with Gasteiger partial charge in [0.2, 0.25) is 0 Å². The molecule has 7 nitrogen and oxygen atoms in total. The second-order valence-corrected chi connectivity index (χ2v) is 4.91. The number of benzene rings is 1.